The molecular formula is C18H35KO4. The SMILES string of the molecule is CCCCCCC(O)C/C=C\CCCCCCCC(=O)O.[K+].[OH-]. The fourth-order valence-corrected chi connectivity index (χ4v) is 2.36. The van der Waals surface area contributed by atoms with Crippen molar-refractivity contribution in [2.24, 2.45) is 0 Å². The third-order valence-electron chi connectivity index (χ3n) is 3.73. The number of rotatable bonds is 15. The summed E-state index contributed by atoms with van der Waals surface area (Å²) < 4.78 is 0. The van der Waals surface area contributed by atoms with E-state index in [9.17, 15) is 9.90 Å². The maximum absolute atomic E-state index is 10.3. The zero-order chi connectivity index (χ0) is 15.8. The van der Waals surface area contributed by atoms with Gasteiger partial charge in [0.05, 0.1) is 6.10 Å². The van der Waals surface area contributed by atoms with Crippen LogP contribution in [0.4, 0.5) is 0 Å². The van der Waals surface area contributed by atoms with Crippen molar-refractivity contribution in [2.45, 2.75) is 96.5 Å². The minimum atomic E-state index is -0.689. The Kier molecular flexibility index (Phi) is 28.3. The maximum Gasteiger partial charge on any atom is 1.00 e. The Bertz CT molecular complexity index is 270. The molecule has 0 saturated heterocycles. The number of aliphatic hydroxyl groups is 1. The zero-order valence-corrected chi connectivity index (χ0v) is 18.3. The molecule has 0 saturated carbocycles. The van der Waals surface area contributed by atoms with Gasteiger partial charge in [0.1, 0.15) is 0 Å². The van der Waals surface area contributed by atoms with Crippen molar-refractivity contribution in [2.75, 3.05) is 0 Å². The Morgan fingerprint density at radius 1 is 0.957 bits per heavy atom. The van der Waals surface area contributed by atoms with Crippen LogP contribution in [0.1, 0.15) is 90.4 Å². The number of hydrogen-bond acceptors (Lipinski definition) is 3. The van der Waals surface area contributed by atoms with Gasteiger partial charge in [-0.05, 0) is 32.1 Å². The van der Waals surface area contributed by atoms with E-state index < -0.39 is 5.97 Å². The summed E-state index contributed by atoms with van der Waals surface area (Å²) in [6.45, 7) is 2.20. The normalized spacial score (nSPS) is 11.7. The number of carboxylic acid groups (broad SMARTS) is 1. The van der Waals surface area contributed by atoms with Gasteiger partial charge in [0.25, 0.3) is 0 Å². The molecule has 0 fully saturated rings. The molecule has 0 rings (SSSR count). The second-order valence-corrected chi connectivity index (χ2v) is 5.91. The third-order valence-corrected chi connectivity index (χ3v) is 3.73. The topological polar surface area (TPSA) is 87.5 Å². The second-order valence-electron chi connectivity index (χ2n) is 5.91. The molecule has 5 heteroatoms. The molecule has 0 aliphatic carbocycles. The smallest absolute Gasteiger partial charge is 0.870 e. The molecular weight excluding hydrogens is 319 g/mol. The maximum atomic E-state index is 10.3. The average molecular weight is 355 g/mol. The number of allylic oxidation sites excluding steroid dienone is 1. The molecule has 0 heterocycles. The number of hydrogen-bond donors (Lipinski definition) is 2. The van der Waals surface area contributed by atoms with Crippen molar-refractivity contribution in [1.29, 1.82) is 0 Å². The Morgan fingerprint density at radius 3 is 2.22 bits per heavy atom. The summed E-state index contributed by atoms with van der Waals surface area (Å²) in [5, 5.41) is 18.3. The summed E-state index contributed by atoms with van der Waals surface area (Å²) >= 11 is 0. The fourth-order valence-electron chi connectivity index (χ4n) is 2.36. The van der Waals surface area contributed by atoms with Gasteiger partial charge in [0.2, 0.25) is 0 Å². The fraction of sp³-hybridized carbons (Fsp3) is 0.833. The minimum absolute atomic E-state index is 0. The summed E-state index contributed by atoms with van der Waals surface area (Å²) in [5.41, 5.74) is 0. The second kappa shape index (κ2) is 22.8. The van der Waals surface area contributed by atoms with Crippen LogP contribution in [0.25, 0.3) is 0 Å². The number of carboxylic acids is 1. The first-order chi connectivity index (χ1) is 10.2. The molecule has 0 aromatic carbocycles. The Morgan fingerprint density at radius 2 is 1.57 bits per heavy atom. The Hall–Kier alpha value is 0.766. The van der Waals surface area contributed by atoms with Crippen LogP contribution < -0.4 is 51.4 Å². The van der Waals surface area contributed by atoms with Gasteiger partial charge >= 0.3 is 57.4 Å². The quantitative estimate of drug-likeness (QED) is 0.267. The van der Waals surface area contributed by atoms with Gasteiger partial charge in [-0.25, -0.2) is 0 Å². The number of unbranched alkanes of at least 4 members (excludes halogenated alkanes) is 8. The predicted molar refractivity (Wildman–Crippen MR) is 90.4 cm³/mol. The van der Waals surface area contributed by atoms with E-state index in [2.05, 4.69) is 19.1 Å². The molecule has 1 unspecified atom stereocenters. The van der Waals surface area contributed by atoms with Gasteiger partial charge in [-0.3, -0.25) is 4.79 Å². The van der Waals surface area contributed by atoms with Crippen LogP contribution in [-0.2, 0) is 4.79 Å². The van der Waals surface area contributed by atoms with E-state index in [4.69, 9.17) is 5.11 Å². The van der Waals surface area contributed by atoms with Crippen LogP contribution >= 0.6 is 0 Å². The summed E-state index contributed by atoms with van der Waals surface area (Å²) in [5.74, 6) is -0.689. The van der Waals surface area contributed by atoms with Crippen LogP contribution in [0.5, 0.6) is 0 Å². The first-order valence-corrected chi connectivity index (χ1v) is 8.71. The molecule has 0 spiro atoms. The van der Waals surface area contributed by atoms with E-state index in [-0.39, 0.29) is 63.0 Å². The number of aliphatic hydroxyl groups excluding tert-OH is 1. The summed E-state index contributed by atoms with van der Waals surface area (Å²) in [4.78, 5) is 10.3. The molecule has 132 valence electrons. The summed E-state index contributed by atoms with van der Waals surface area (Å²) in [6, 6.07) is 0. The monoisotopic (exact) mass is 354 g/mol. The van der Waals surface area contributed by atoms with E-state index in [0.717, 1.165) is 51.4 Å². The molecule has 23 heavy (non-hydrogen) atoms. The molecule has 1 atom stereocenters. The van der Waals surface area contributed by atoms with Crippen LogP contribution in [-0.4, -0.2) is 27.8 Å². The van der Waals surface area contributed by atoms with E-state index in [1.165, 1.54) is 25.7 Å². The van der Waals surface area contributed by atoms with Crippen LogP contribution in [0.2, 0.25) is 0 Å². The number of aliphatic carboxylic acids is 1. The molecule has 0 aliphatic rings. The molecule has 0 radical (unpaired) electrons. The number of carbonyl (C=O) groups is 1. The molecule has 0 aromatic rings. The van der Waals surface area contributed by atoms with Gasteiger partial charge in [-0.1, -0.05) is 64.0 Å². The van der Waals surface area contributed by atoms with Crippen molar-refractivity contribution in [3.8, 4) is 0 Å². The van der Waals surface area contributed by atoms with Gasteiger partial charge in [0, 0.05) is 6.42 Å². The molecule has 0 amide bonds. The average Bonchev–Trinajstić information content (AvgIpc) is 2.45. The first-order valence-electron chi connectivity index (χ1n) is 8.71. The van der Waals surface area contributed by atoms with Crippen LogP contribution in [0, 0.1) is 0 Å². The van der Waals surface area contributed by atoms with Crippen LogP contribution in [0.3, 0.4) is 0 Å². The molecule has 3 N–H and O–H groups in total. The third kappa shape index (κ3) is 25.1. The predicted octanol–water partition coefficient (Wildman–Crippen LogP) is 1.91. The van der Waals surface area contributed by atoms with Crippen molar-refractivity contribution < 1.29 is 71.9 Å². The van der Waals surface area contributed by atoms with Gasteiger partial charge in [-0.15, -0.1) is 0 Å². The van der Waals surface area contributed by atoms with E-state index in [1.54, 1.807) is 0 Å². The first kappa shape index (κ1) is 28.6. The van der Waals surface area contributed by atoms with Gasteiger partial charge < -0.3 is 15.7 Å². The van der Waals surface area contributed by atoms with E-state index in [0.29, 0.717) is 6.42 Å². The van der Waals surface area contributed by atoms with Crippen molar-refractivity contribution in [3.63, 3.8) is 0 Å². The summed E-state index contributed by atoms with van der Waals surface area (Å²) in [7, 11) is 0. The summed E-state index contributed by atoms with van der Waals surface area (Å²) in [6.07, 6.45) is 17.4. The van der Waals surface area contributed by atoms with E-state index in [1.807, 2.05) is 0 Å². The van der Waals surface area contributed by atoms with Crippen molar-refractivity contribution in [3.05, 3.63) is 12.2 Å². The Balaban J connectivity index is -0.00000200. The van der Waals surface area contributed by atoms with Gasteiger partial charge in [-0.2, -0.15) is 0 Å². The molecule has 0 aliphatic heterocycles. The van der Waals surface area contributed by atoms with Gasteiger partial charge in [0.15, 0.2) is 0 Å². The van der Waals surface area contributed by atoms with E-state index >= 15 is 0 Å². The Labute approximate surface area is 184 Å². The zero-order valence-electron chi connectivity index (χ0n) is 15.2. The minimum Gasteiger partial charge on any atom is -0.870 e. The van der Waals surface area contributed by atoms with Crippen LogP contribution in [0.15, 0.2) is 12.2 Å². The molecule has 4 nitrogen and oxygen atoms in total. The standard InChI is InChI=1S/C18H34O3.K.H2O/c1-2-3-4-11-14-17(19)15-12-9-7-5-6-8-10-13-16-18(20)21;;/h9,12,17,19H,2-8,10-11,13-16H2,1H3,(H,20,21);;1H2/q;+1;/p-1/b12-9-;;. The molecule has 0 aromatic heterocycles. The molecule has 0 bridgehead atoms. The largest absolute Gasteiger partial charge is 1.00 e. The van der Waals surface area contributed by atoms with Crippen molar-refractivity contribution >= 4 is 5.97 Å². The van der Waals surface area contributed by atoms with Crippen molar-refractivity contribution in [1.82, 2.24) is 0 Å².